The van der Waals surface area contributed by atoms with Crippen molar-refractivity contribution in [2.24, 2.45) is 5.73 Å². The first-order valence-corrected chi connectivity index (χ1v) is 7.05. The molecule has 2 atom stereocenters. The molecule has 0 heterocycles. The molecule has 1 aromatic rings. The predicted molar refractivity (Wildman–Crippen MR) is 80.3 cm³/mol. The number of carbonyl (C=O) groups excluding carboxylic acids is 1. The summed E-state index contributed by atoms with van der Waals surface area (Å²) in [5.74, 6) is -1.10. The summed E-state index contributed by atoms with van der Waals surface area (Å²) < 4.78 is 10.3. The van der Waals surface area contributed by atoms with Crippen LogP contribution in [0.25, 0.3) is 0 Å². The summed E-state index contributed by atoms with van der Waals surface area (Å²) in [6.07, 6.45) is -0.543. The first kappa shape index (κ1) is 17.9. The van der Waals surface area contributed by atoms with Crippen molar-refractivity contribution < 1.29 is 24.2 Å². The molecule has 0 aromatic heterocycles. The molecule has 0 saturated heterocycles. The number of carbonyl (C=O) groups is 2. The molecule has 122 valence electrons. The van der Waals surface area contributed by atoms with Crippen LogP contribution in [0.5, 0.6) is 0 Å². The lowest BCUT2D eigenvalue weighted by Gasteiger charge is -2.16. The van der Waals surface area contributed by atoms with Gasteiger partial charge in [-0.25, -0.2) is 4.79 Å². The third-order valence-electron chi connectivity index (χ3n) is 2.97. The van der Waals surface area contributed by atoms with Crippen molar-refractivity contribution >= 4 is 12.1 Å². The van der Waals surface area contributed by atoms with E-state index in [1.807, 2.05) is 30.3 Å². The lowest BCUT2D eigenvalue weighted by atomic mass is 10.2. The lowest BCUT2D eigenvalue weighted by Crippen LogP contribution is -2.41. The fraction of sp³-hybridized carbons (Fsp3) is 0.467. The maximum absolute atomic E-state index is 11.4. The summed E-state index contributed by atoms with van der Waals surface area (Å²) in [5, 5.41) is 11.3. The van der Waals surface area contributed by atoms with Crippen molar-refractivity contribution in [3.63, 3.8) is 0 Å². The third kappa shape index (κ3) is 7.05. The van der Waals surface area contributed by atoms with Crippen LogP contribution in [0.2, 0.25) is 0 Å². The van der Waals surface area contributed by atoms with Crippen molar-refractivity contribution in [1.29, 1.82) is 0 Å². The van der Waals surface area contributed by atoms with Crippen LogP contribution in [-0.2, 0) is 20.9 Å². The topological polar surface area (TPSA) is 111 Å². The second-order valence-corrected chi connectivity index (χ2v) is 4.78. The van der Waals surface area contributed by atoms with Crippen molar-refractivity contribution in [3.05, 3.63) is 35.9 Å². The summed E-state index contributed by atoms with van der Waals surface area (Å²) >= 11 is 0. The first-order valence-electron chi connectivity index (χ1n) is 7.05. The molecule has 0 aliphatic rings. The molecule has 0 bridgehead atoms. The van der Waals surface area contributed by atoms with Crippen molar-refractivity contribution in [1.82, 2.24) is 5.32 Å². The Hall–Kier alpha value is -2.12. The van der Waals surface area contributed by atoms with Crippen LogP contribution in [0.15, 0.2) is 30.3 Å². The maximum atomic E-state index is 11.4. The number of carboxylic acids is 1. The van der Waals surface area contributed by atoms with Crippen molar-refractivity contribution in [2.75, 3.05) is 13.2 Å². The molecule has 1 amide bonds. The van der Waals surface area contributed by atoms with E-state index in [-0.39, 0.29) is 6.61 Å². The van der Waals surface area contributed by atoms with Gasteiger partial charge in [0.15, 0.2) is 0 Å². The van der Waals surface area contributed by atoms with Crippen LogP contribution in [0.3, 0.4) is 0 Å². The Balaban J connectivity index is 2.07. The molecule has 4 N–H and O–H groups in total. The highest BCUT2D eigenvalue weighted by Gasteiger charge is 2.20. The monoisotopic (exact) mass is 310 g/mol. The summed E-state index contributed by atoms with van der Waals surface area (Å²) in [7, 11) is 0. The normalized spacial score (nSPS) is 13.2. The van der Waals surface area contributed by atoms with Crippen molar-refractivity contribution in [3.8, 4) is 0 Å². The number of hydrogen-bond acceptors (Lipinski definition) is 5. The molecule has 0 spiro atoms. The van der Waals surface area contributed by atoms with Gasteiger partial charge in [0.25, 0.3) is 0 Å². The Bertz CT molecular complexity index is 466. The van der Waals surface area contributed by atoms with E-state index in [9.17, 15) is 9.59 Å². The second kappa shape index (κ2) is 9.75. The highest BCUT2D eigenvalue weighted by molar-refractivity contribution is 5.73. The zero-order valence-electron chi connectivity index (χ0n) is 12.5. The Labute approximate surface area is 129 Å². The number of alkyl carbamates (subject to hydrolysis) is 1. The molecule has 22 heavy (non-hydrogen) atoms. The van der Waals surface area contributed by atoms with E-state index in [0.717, 1.165) is 5.56 Å². The van der Waals surface area contributed by atoms with E-state index in [2.05, 4.69) is 5.32 Å². The zero-order valence-corrected chi connectivity index (χ0v) is 12.5. The molecule has 0 radical (unpaired) electrons. The van der Waals surface area contributed by atoms with Crippen LogP contribution in [0, 0.1) is 0 Å². The Morgan fingerprint density at radius 3 is 2.64 bits per heavy atom. The lowest BCUT2D eigenvalue weighted by molar-refractivity contribution is -0.142. The van der Waals surface area contributed by atoms with Gasteiger partial charge in [0, 0.05) is 13.2 Å². The SMILES string of the molecule is C[C@H](OCCCNC(=O)OCc1ccccc1)[C@H](N)C(=O)O. The van der Waals surface area contributed by atoms with Crippen LogP contribution in [0.4, 0.5) is 4.79 Å². The van der Waals surface area contributed by atoms with Gasteiger partial charge in [-0.2, -0.15) is 0 Å². The van der Waals surface area contributed by atoms with E-state index in [1.54, 1.807) is 6.92 Å². The first-order chi connectivity index (χ1) is 10.5. The van der Waals surface area contributed by atoms with E-state index in [4.69, 9.17) is 20.3 Å². The highest BCUT2D eigenvalue weighted by Crippen LogP contribution is 2.00. The standard InChI is InChI=1S/C15H22N2O5/c1-11(13(16)14(18)19)21-9-5-8-17-15(20)22-10-12-6-3-2-4-7-12/h2-4,6-7,11,13H,5,8-10,16H2,1H3,(H,17,20)(H,18,19)/t11-,13-/m0/s1. The number of nitrogens with one attached hydrogen (secondary N) is 1. The average molecular weight is 310 g/mol. The largest absolute Gasteiger partial charge is 0.480 e. The van der Waals surface area contributed by atoms with Crippen LogP contribution in [0.1, 0.15) is 18.9 Å². The molecule has 0 fully saturated rings. The van der Waals surface area contributed by atoms with E-state index in [0.29, 0.717) is 19.6 Å². The van der Waals surface area contributed by atoms with Gasteiger partial charge >= 0.3 is 12.1 Å². The number of aliphatic carboxylic acids is 1. The molecular formula is C15H22N2O5. The summed E-state index contributed by atoms with van der Waals surface area (Å²) in [4.78, 5) is 22.1. The molecule has 1 aromatic carbocycles. The molecule has 0 saturated carbocycles. The number of ether oxygens (including phenoxy) is 2. The fourth-order valence-electron chi connectivity index (χ4n) is 1.61. The molecule has 0 aliphatic carbocycles. The maximum Gasteiger partial charge on any atom is 0.407 e. The Morgan fingerprint density at radius 1 is 1.32 bits per heavy atom. The van der Waals surface area contributed by atoms with E-state index in [1.165, 1.54) is 0 Å². The molecule has 7 heteroatoms. The van der Waals surface area contributed by atoms with Gasteiger partial charge in [0.2, 0.25) is 0 Å². The number of rotatable bonds is 9. The minimum Gasteiger partial charge on any atom is -0.480 e. The van der Waals surface area contributed by atoms with Crippen LogP contribution < -0.4 is 11.1 Å². The van der Waals surface area contributed by atoms with Crippen molar-refractivity contribution in [2.45, 2.75) is 32.1 Å². The quantitative estimate of drug-likeness (QED) is 0.589. The Morgan fingerprint density at radius 2 is 2.00 bits per heavy atom. The van der Waals surface area contributed by atoms with Gasteiger partial charge in [0.05, 0.1) is 6.10 Å². The smallest absolute Gasteiger partial charge is 0.407 e. The number of carboxylic acid groups (broad SMARTS) is 1. The Kier molecular flexibility index (Phi) is 7.95. The summed E-state index contributed by atoms with van der Waals surface area (Å²) in [5.41, 5.74) is 6.32. The summed E-state index contributed by atoms with van der Waals surface area (Å²) in [6, 6.07) is 8.32. The molecule has 1 rings (SSSR count). The minimum atomic E-state index is -1.10. The second-order valence-electron chi connectivity index (χ2n) is 4.78. The van der Waals surface area contributed by atoms with E-state index >= 15 is 0 Å². The van der Waals surface area contributed by atoms with Crippen LogP contribution >= 0.6 is 0 Å². The molecule has 0 unspecified atom stereocenters. The molecule has 7 nitrogen and oxygen atoms in total. The number of nitrogens with two attached hydrogens (primary N) is 1. The average Bonchev–Trinajstić information content (AvgIpc) is 2.52. The van der Waals surface area contributed by atoms with Gasteiger partial charge in [-0.05, 0) is 18.9 Å². The number of hydrogen-bond donors (Lipinski definition) is 3. The minimum absolute atomic E-state index is 0.216. The molecule has 0 aliphatic heterocycles. The molecular weight excluding hydrogens is 288 g/mol. The van der Waals surface area contributed by atoms with Gasteiger partial charge < -0.3 is 25.6 Å². The zero-order chi connectivity index (χ0) is 16.4. The van der Waals surface area contributed by atoms with Gasteiger partial charge in [-0.3, -0.25) is 4.79 Å². The third-order valence-corrected chi connectivity index (χ3v) is 2.97. The van der Waals surface area contributed by atoms with Gasteiger partial charge in [0.1, 0.15) is 12.6 Å². The predicted octanol–water partition coefficient (Wildman–Crippen LogP) is 1.12. The summed E-state index contributed by atoms with van der Waals surface area (Å²) in [6.45, 7) is 2.50. The highest BCUT2D eigenvalue weighted by atomic mass is 16.5. The number of amides is 1. The van der Waals surface area contributed by atoms with Crippen LogP contribution in [-0.4, -0.2) is 42.5 Å². The number of benzene rings is 1. The van der Waals surface area contributed by atoms with Gasteiger partial charge in [-0.1, -0.05) is 30.3 Å². The van der Waals surface area contributed by atoms with Gasteiger partial charge in [-0.15, -0.1) is 0 Å². The van der Waals surface area contributed by atoms with E-state index < -0.39 is 24.2 Å². The fourth-order valence-corrected chi connectivity index (χ4v) is 1.61.